The van der Waals surface area contributed by atoms with Gasteiger partial charge in [0.2, 0.25) is 0 Å². The van der Waals surface area contributed by atoms with Crippen LogP contribution in [0.4, 0.5) is 0 Å². The van der Waals surface area contributed by atoms with Crippen LogP contribution in [0.25, 0.3) is 0 Å². The van der Waals surface area contributed by atoms with Crippen molar-refractivity contribution in [3.8, 4) is 0 Å². The molecule has 0 unspecified atom stereocenters. The van der Waals surface area contributed by atoms with E-state index in [1.54, 1.807) is 0 Å². The predicted molar refractivity (Wildman–Crippen MR) is 85.1 cm³/mol. The van der Waals surface area contributed by atoms with Gasteiger partial charge in [-0.2, -0.15) is 5.10 Å². The molecule has 1 fully saturated rings. The van der Waals surface area contributed by atoms with Crippen LogP contribution >= 0.6 is 15.9 Å². The van der Waals surface area contributed by atoms with Gasteiger partial charge in [-0.15, -0.1) is 0 Å². The Kier molecular flexibility index (Phi) is 5.81. The second kappa shape index (κ2) is 7.40. The van der Waals surface area contributed by atoms with E-state index in [9.17, 15) is 4.79 Å². The Morgan fingerprint density at radius 1 is 1.43 bits per heavy atom. The molecule has 0 atom stereocenters. The lowest BCUT2D eigenvalue weighted by Crippen LogP contribution is -2.29. The molecule has 0 aromatic carbocycles. The summed E-state index contributed by atoms with van der Waals surface area (Å²) in [6.07, 6.45) is 3.66. The van der Waals surface area contributed by atoms with Crippen LogP contribution in [0.3, 0.4) is 0 Å². The fourth-order valence-corrected chi connectivity index (χ4v) is 3.47. The van der Waals surface area contributed by atoms with Crippen molar-refractivity contribution in [3.05, 3.63) is 15.9 Å². The summed E-state index contributed by atoms with van der Waals surface area (Å²) >= 11 is 3.60. The van der Waals surface area contributed by atoms with E-state index in [0.29, 0.717) is 5.92 Å². The minimum atomic E-state index is -0.632. The van der Waals surface area contributed by atoms with Crippen LogP contribution in [0, 0.1) is 18.8 Å². The zero-order valence-electron chi connectivity index (χ0n) is 12.7. The number of carboxylic acid groups (broad SMARTS) is 1. The molecule has 1 aromatic heterocycles. The molecule has 1 saturated carbocycles. The molecule has 6 heteroatoms. The number of carboxylic acids is 1. The largest absolute Gasteiger partial charge is 0.481 e. The Balaban J connectivity index is 1.79. The van der Waals surface area contributed by atoms with Gasteiger partial charge in [-0.1, -0.05) is 0 Å². The molecule has 0 bridgehead atoms. The van der Waals surface area contributed by atoms with Crippen LogP contribution in [-0.4, -0.2) is 27.4 Å². The summed E-state index contributed by atoms with van der Waals surface area (Å²) in [6.45, 7) is 6.72. The van der Waals surface area contributed by atoms with Gasteiger partial charge >= 0.3 is 5.97 Å². The highest BCUT2D eigenvalue weighted by Crippen LogP contribution is 2.28. The molecule has 0 radical (unpaired) electrons. The van der Waals surface area contributed by atoms with Gasteiger partial charge in [0.25, 0.3) is 0 Å². The number of nitrogens with one attached hydrogen (secondary N) is 1. The van der Waals surface area contributed by atoms with Gasteiger partial charge in [-0.25, -0.2) is 0 Å². The summed E-state index contributed by atoms with van der Waals surface area (Å²) in [7, 11) is 0. The molecule has 5 nitrogen and oxygen atoms in total. The van der Waals surface area contributed by atoms with Crippen LogP contribution in [0.15, 0.2) is 4.47 Å². The summed E-state index contributed by atoms with van der Waals surface area (Å²) in [6, 6.07) is 0. The molecule has 1 aliphatic rings. The second-order valence-corrected chi connectivity index (χ2v) is 6.64. The zero-order chi connectivity index (χ0) is 15.4. The van der Waals surface area contributed by atoms with Gasteiger partial charge in [0.1, 0.15) is 0 Å². The first-order valence-corrected chi connectivity index (χ1v) is 8.47. The number of aliphatic carboxylic acids is 1. The van der Waals surface area contributed by atoms with Crippen LogP contribution in [0.1, 0.15) is 44.0 Å². The van der Waals surface area contributed by atoms with Crippen LogP contribution in [0.5, 0.6) is 0 Å². The first-order valence-electron chi connectivity index (χ1n) is 7.68. The van der Waals surface area contributed by atoms with Crippen LogP contribution < -0.4 is 5.32 Å². The minimum Gasteiger partial charge on any atom is -0.481 e. The molecule has 2 rings (SSSR count). The number of nitrogens with zero attached hydrogens (tertiary/aromatic N) is 2. The highest BCUT2D eigenvalue weighted by Gasteiger charge is 2.25. The molecular weight excluding hydrogens is 334 g/mol. The third kappa shape index (κ3) is 4.07. The van der Waals surface area contributed by atoms with Crippen LogP contribution in [0.2, 0.25) is 0 Å². The Hall–Kier alpha value is -0.880. The smallest absolute Gasteiger partial charge is 0.306 e. The minimum absolute atomic E-state index is 0.125. The molecule has 2 N–H and O–H groups in total. The maximum absolute atomic E-state index is 10.9. The summed E-state index contributed by atoms with van der Waals surface area (Å²) in [5.74, 6) is -0.161. The molecule has 1 aromatic rings. The summed E-state index contributed by atoms with van der Waals surface area (Å²) in [5.41, 5.74) is 2.21. The fraction of sp³-hybridized carbons (Fsp3) is 0.733. The van der Waals surface area contributed by atoms with Gasteiger partial charge in [0.15, 0.2) is 0 Å². The third-order valence-corrected chi connectivity index (χ3v) is 5.41. The van der Waals surface area contributed by atoms with Gasteiger partial charge in [0.05, 0.1) is 21.8 Å². The first kappa shape index (κ1) is 16.5. The summed E-state index contributed by atoms with van der Waals surface area (Å²) in [5, 5.41) is 17.0. The number of carbonyl (C=O) groups is 1. The van der Waals surface area contributed by atoms with Crippen molar-refractivity contribution in [3.63, 3.8) is 0 Å². The number of rotatable bonds is 6. The topological polar surface area (TPSA) is 67.2 Å². The maximum atomic E-state index is 10.9. The molecule has 0 amide bonds. The molecular formula is C15H24BrN3O2. The van der Waals surface area contributed by atoms with E-state index in [0.717, 1.165) is 55.5 Å². The van der Waals surface area contributed by atoms with E-state index in [1.165, 1.54) is 5.69 Å². The quantitative estimate of drug-likeness (QED) is 0.821. The first-order chi connectivity index (χ1) is 10.0. The average molecular weight is 358 g/mol. The van der Waals surface area contributed by atoms with E-state index in [1.807, 2.05) is 11.6 Å². The lowest BCUT2D eigenvalue weighted by atomic mass is 9.82. The van der Waals surface area contributed by atoms with Gasteiger partial charge in [-0.3, -0.25) is 9.48 Å². The van der Waals surface area contributed by atoms with Gasteiger partial charge in [-0.05, 0) is 67.9 Å². The van der Waals surface area contributed by atoms with E-state index in [4.69, 9.17) is 5.11 Å². The molecule has 118 valence electrons. The van der Waals surface area contributed by atoms with Crippen LogP contribution in [-0.2, 0) is 17.9 Å². The lowest BCUT2D eigenvalue weighted by molar-refractivity contribution is -0.143. The van der Waals surface area contributed by atoms with E-state index in [2.05, 4.69) is 33.3 Å². The highest BCUT2D eigenvalue weighted by molar-refractivity contribution is 9.10. The second-order valence-electron chi connectivity index (χ2n) is 5.85. The molecule has 21 heavy (non-hydrogen) atoms. The van der Waals surface area contributed by atoms with Crippen molar-refractivity contribution in [2.24, 2.45) is 11.8 Å². The highest BCUT2D eigenvalue weighted by atomic mass is 79.9. The maximum Gasteiger partial charge on any atom is 0.306 e. The van der Waals surface area contributed by atoms with E-state index in [-0.39, 0.29) is 5.92 Å². The molecule has 0 spiro atoms. The Bertz CT molecular complexity index is 493. The van der Waals surface area contributed by atoms with Crippen molar-refractivity contribution in [1.29, 1.82) is 0 Å². The fourth-order valence-electron chi connectivity index (χ4n) is 3.05. The van der Waals surface area contributed by atoms with Crippen molar-refractivity contribution >= 4 is 21.9 Å². The molecule has 0 saturated heterocycles. The van der Waals surface area contributed by atoms with Crippen molar-refractivity contribution in [1.82, 2.24) is 15.1 Å². The third-order valence-electron chi connectivity index (χ3n) is 4.37. The van der Waals surface area contributed by atoms with Crippen molar-refractivity contribution in [2.45, 2.75) is 52.6 Å². The van der Waals surface area contributed by atoms with Gasteiger partial charge in [0, 0.05) is 13.1 Å². The Morgan fingerprint density at radius 2 is 2.10 bits per heavy atom. The van der Waals surface area contributed by atoms with E-state index >= 15 is 0 Å². The van der Waals surface area contributed by atoms with Crippen molar-refractivity contribution < 1.29 is 9.90 Å². The number of halogens is 1. The number of aryl methyl sites for hydroxylation is 2. The molecule has 1 heterocycles. The summed E-state index contributed by atoms with van der Waals surface area (Å²) < 4.78 is 3.11. The molecule has 1 aliphatic carbocycles. The summed E-state index contributed by atoms with van der Waals surface area (Å²) in [4.78, 5) is 10.9. The monoisotopic (exact) mass is 357 g/mol. The number of hydrogen-bond donors (Lipinski definition) is 2. The standard InChI is InChI=1S/C15H24BrN3O2/c1-3-19-13(14(16)10(2)18-19)9-17-8-11-4-6-12(7-5-11)15(20)21/h11-12,17H,3-9H2,1-2H3,(H,20,21). The van der Waals surface area contributed by atoms with Crippen molar-refractivity contribution in [2.75, 3.05) is 6.54 Å². The SMILES string of the molecule is CCn1nc(C)c(Br)c1CNCC1CCC(C(=O)O)CC1. The number of hydrogen-bond acceptors (Lipinski definition) is 3. The lowest BCUT2D eigenvalue weighted by Gasteiger charge is -2.26. The zero-order valence-corrected chi connectivity index (χ0v) is 14.3. The molecule has 0 aliphatic heterocycles. The van der Waals surface area contributed by atoms with E-state index < -0.39 is 5.97 Å². The Labute approximate surface area is 134 Å². The number of aromatic nitrogens is 2. The van der Waals surface area contributed by atoms with Gasteiger partial charge < -0.3 is 10.4 Å². The average Bonchev–Trinajstić information content (AvgIpc) is 2.75. The predicted octanol–water partition coefficient (Wildman–Crippen LogP) is 2.95. The Morgan fingerprint density at radius 3 is 2.67 bits per heavy atom. The normalized spacial score (nSPS) is 22.4.